The molecule has 0 saturated carbocycles. The van der Waals surface area contributed by atoms with Crippen LogP contribution >= 0.6 is 0 Å². The molecule has 0 bridgehead atoms. The number of hydrogen-bond acceptors (Lipinski definition) is 6. The molecule has 0 fully saturated rings. The highest BCUT2D eigenvalue weighted by atomic mass is 16.6. The van der Waals surface area contributed by atoms with Crippen LogP contribution in [0.1, 0.15) is 361 Å². The Balaban J connectivity index is 3.97. The molecule has 0 N–H and O–H groups in total. The fourth-order valence-corrected chi connectivity index (χ4v) is 10.4. The highest BCUT2D eigenvalue weighted by molar-refractivity contribution is 5.71. The number of ether oxygens (including phenoxy) is 3. The smallest absolute Gasteiger partial charge is 0.306 e. The van der Waals surface area contributed by atoms with Crippen molar-refractivity contribution in [2.24, 2.45) is 0 Å². The maximum absolute atomic E-state index is 12.8. The van der Waals surface area contributed by atoms with E-state index in [4.69, 9.17) is 14.2 Å². The van der Waals surface area contributed by atoms with Crippen LogP contribution in [0.25, 0.3) is 0 Å². The lowest BCUT2D eigenvalue weighted by Gasteiger charge is -2.18. The van der Waals surface area contributed by atoms with E-state index in [1.807, 2.05) is 0 Å². The van der Waals surface area contributed by atoms with E-state index in [-0.39, 0.29) is 37.5 Å². The summed E-state index contributed by atoms with van der Waals surface area (Å²) in [6.45, 7) is 6.46. The predicted octanol–water partition coefficient (Wildman–Crippen LogP) is 24.6. The molecule has 0 saturated heterocycles. The van der Waals surface area contributed by atoms with Gasteiger partial charge in [0.25, 0.3) is 0 Å². The molecule has 6 nitrogen and oxygen atoms in total. The molecule has 0 rings (SSSR count). The average Bonchev–Trinajstić information content (AvgIpc) is 3.47. The minimum absolute atomic E-state index is 0.0877. The van der Waals surface area contributed by atoms with Gasteiger partial charge >= 0.3 is 17.9 Å². The first-order valence-electron chi connectivity index (χ1n) is 35.6. The molecule has 0 heterocycles. The van der Waals surface area contributed by atoms with Crippen LogP contribution in [0.2, 0.25) is 0 Å². The molecule has 1 unspecified atom stereocenters. The minimum Gasteiger partial charge on any atom is -0.462 e. The van der Waals surface area contributed by atoms with Crippen LogP contribution in [0.3, 0.4) is 0 Å². The maximum atomic E-state index is 12.8. The zero-order valence-corrected chi connectivity index (χ0v) is 54.5. The van der Waals surface area contributed by atoms with Gasteiger partial charge in [-0.3, -0.25) is 14.4 Å². The van der Waals surface area contributed by atoms with Crippen molar-refractivity contribution >= 4 is 17.9 Å². The molecule has 0 aromatic rings. The summed E-state index contributed by atoms with van der Waals surface area (Å²) >= 11 is 0. The zero-order valence-electron chi connectivity index (χ0n) is 54.5. The Morgan fingerprint density at radius 1 is 0.256 bits per heavy atom. The van der Waals surface area contributed by atoms with Crippen molar-refractivity contribution in [2.75, 3.05) is 13.2 Å². The first-order valence-corrected chi connectivity index (χ1v) is 35.6. The predicted molar refractivity (Wildman–Crippen MR) is 358 cm³/mol. The Kier molecular flexibility index (Phi) is 67.2. The summed E-state index contributed by atoms with van der Waals surface area (Å²) in [4.78, 5) is 38.0. The van der Waals surface area contributed by atoms with Crippen LogP contribution in [0, 0.1) is 0 Å². The number of hydrogen-bond donors (Lipinski definition) is 0. The summed E-state index contributed by atoms with van der Waals surface area (Å²) in [7, 11) is 0. The highest BCUT2D eigenvalue weighted by Gasteiger charge is 2.19. The first kappa shape index (κ1) is 78.6. The summed E-state index contributed by atoms with van der Waals surface area (Å²) in [5.74, 6) is -0.922. The van der Waals surface area contributed by atoms with E-state index in [2.05, 4.69) is 106 Å². The number of unbranched alkanes of at least 4 members (excludes halogenated alkanes) is 40. The highest BCUT2D eigenvalue weighted by Crippen LogP contribution is 2.18. The summed E-state index contributed by atoms with van der Waals surface area (Å²) in [5, 5.41) is 0. The molecule has 6 heteroatoms. The van der Waals surface area contributed by atoms with Crippen molar-refractivity contribution in [3.05, 3.63) is 85.1 Å². The van der Waals surface area contributed by atoms with Gasteiger partial charge in [0.1, 0.15) is 13.2 Å². The SMILES string of the molecule is CC/C=C\C/C=C\C/C=C\C/C=C\C/C=C\C/C=C\C/C=C\CCCCCC(=O)OC(COC(=O)CCCCCCC)COC(=O)CCCCCCCCCCCCCCCCCCCCCCCCCCCCCCCCCCCC. The Morgan fingerprint density at radius 3 is 0.744 bits per heavy atom. The van der Waals surface area contributed by atoms with Crippen molar-refractivity contribution in [3.63, 3.8) is 0 Å². The molecule has 474 valence electrons. The van der Waals surface area contributed by atoms with E-state index in [0.29, 0.717) is 12.8 Å². The van der Waals surface area contributed by atoms with Crippen LogP contribution in [0.4, 0.5) is 0 Å². The van der Waals surface area contributed by atoms with Gasteiger partial charge in [-0.2, -0.15) is 0 Å². The van der Waals surface area contributed by atoms with E-state index in [1.54, 1.807) is 0 Å². The van der Waals surface area contributed by atoms with E-state index in [0.717, 1.165) is 116 Å². The Bertz CT molecular complexity index is 1550. The summed E-state index contributed by atoms with van der Waals surface area (Å²) in [6.07, 6.45) is 94.0. The largest absolute Gasteiger partial charge is 0.462 e. The van der Waals surface area contributed by atoms with Crippen LogP contribution in [0.15, 0.2) is 85.1 Å². The van der Waals surface area contributed by atoms with E-state index < -0.39 is 6.10 Å². The van der Waals surface area contributed by atoms with Gasteiger partial charge in [-0.15, -0.1) is 0 Å². The Morgan fingerprint density at radius 2 is 0.476 bits per heavy atom. The topological polar surface area (TPSA) is 78.9 Å². The van der Waals surface area contributed by atoms with Gasteiger partial charge < -0.3 is 14.2 Å². The third kappa shape index (κ3) is 67.4. The molecule has 0 aromatic carbocycles. The van der Waals surface area contributed by atoms with Gasteiger partial charge in [0, 0.05) is 19.3 Å². The van der Waals surface area contributed by atoms with Crippen molar-refractivity contribution in [2.45, 2.75) is 367 Å². The van der Waals surface area contributed by atoms with Crippen molar-refractivity contribution in [3.8, 4) is 0 Å². The molecule has 1 atom stereocenters. The molecule has 0 amide bonds. The average molecular weight is 1140 g/mol. The fourth-order valence-electron chi connectivity index (χ4n) is 10.4. The van der Waals surface area contributed by atoms with Gasteiger partial charge in [0.2, 0.25) is 0 Å². The van der Waals surface area contributed by atoms with Gasteiger partial charge in [-0.25, -0.2) is 0 Å². The molecule has 0 aliphatic heterocycles. The van der Waals surface area contributed by atoms with Gasteiger partial charge in [-0.1, -0.05) is 350 Å². The first-order chi connectivity index (χ1) is 40.5. The monoisotopic (exact) mass is 1140 g/mol. The van der Waals surface area contributed by atoms with Gasteiger partial charge in [-0.05, 0) is 77.0 Å². The second-order valence-corrected chi connectivity index (χ2v) is 23.8. The fraction of sp³-hybridized carbons (Fsp3) is 0.776. The molecular weight excluding hydrogens is 1010 g/mol. The van der Waals surface area contributed by atoms with E-state index >= 15 is 0 Å². The number of esters is 3. The van der Waals surface area contributed by atoms with Crippen LogP contribution in [-0.2, 0) is 28.6 Å². The van der Waals surface area contributed by atoms with Crippen LogP contribution < -0.4 is 0 Å². The normalized spacial score (nSPS) is 12.6. The summed E-state index contributed by atoms with van der Waals surface area (Å²) in [5.41, 5.74) is 0. The van der Waals surface area contributed by atoms with Gasteiger partial charge in [0.05, 0.1) is 0 Å². The van der Waals surface area contributed by atoms with Gasteiger partial charge in [0.15, 0.2) is 6.10 Å². The lowest BCUT2D eigenvalue weighted by Crippen LogP contribution is -2.30. The zero-order chi connectivity index (χ0) is 59.2. The third-order valence-corrected chi connectivity index (χ3v) is 15.7. The Hall–Kier alpha value is -3.41. The van der Waals surface area contributed by atoms with Crippen molar-refractivity contribution in [1.29, 1.82) is 0 Å². The van der Waals surface area contributed by atoms with Crippen molar-refractivity contribution in [1.82, 2.24) is 0 Å². The number of carbonyl (C=O) groups excluding carboxylic acids is 3. The number of carbonyl (C=O) groups is 3. The molecule has 0 aliphatic rings. The van der Waals surface area contributed by atoms with E-state index in [9.17, 15) is 14.4 Å². The second kappa shape index (κ2) is 70.1. The number of allylic oxidation sites excluding steroid dienone is 14. The molecule has 0 spiro atoms. The molecule has 82 heavy (non-hydrogen) atoms. The summed E-state index contributed by atoms with van der Waals surface area (Å²) < 4.78 is 16.8. The molecule has 0 aliphatic carbocycles. The van der Waals surface area contributed by atoms with E-state index in [1.165, 1.54) is 205 Å². The quantitative estimate of drug-likeness (QED) is 0.0261. The maximum Gasteiger partial charge on any atom is 0.306 e. The van der Waals surface area contributed by atoms with Crippen molar-refractivity contribution < 1.29 is 28.6 Å². The lowest BCUT2D eigenvalue weighted by atomic mass is 10.0. The lowest BCUT2D eigenvalue weighted by molar-refractivity contribution is -0.167. The minimum atomic E-state index is -0.791. The Labute approximate surface area is 509 Å². The number of rotatable bonds is 65. The molecule has 0 radical (unpaired) electrons. The van der Waals surface area contributed by atoms with Crippen LogP contribution in [-0.4, -0.2) is 37.2 Å². The second-order valence-electron chi connectivity index (χ2n) is 23.8. The molecule has 0 aromatic heterocycles. The molecular formula is C76H134O6. The summed E-state index contributed by atoms with van der Waals surface area (Å²) in [6, 6.07) is 0. The standard InChI is InChI=1S/C76H134O6/c1-4-7-10-13-15-17-19-21-23-25-27-29-31-33-34-35-36-37-38-39-40-41-43-44-46-48-50-52-54-56-58-60-63-66-69-75(78)81-72-73(71-80-74(77)68-65-62-12-9-6-3)82-76(79)70-67-64-61-59-57-55-53-51-49-47-45-42-32-30-28-26-24-22-20-18-16-14-11-8-5-2/h8,11,16,18,22,24,28,30,42,45,49,51,55,57,73H,4-7,9-10,12-15,17,19-21,23,25-27,29,31-41,43-44,46-48,50,52-54,56,58-72H2,1-3H3/b11-8-,18-16-,24-22-,30-28-,45-42-,51-49-,57-55-. The van der Waals surface area contributed by atoms with Crippen LogP contribution in [0.5, 0.6) is 0 Å². The third-order valence-electron chi connectivity index (χ3n) is 15.7.